The van der Waals surface area contributed by atoms with Crippen molar-refractivity contribution in [1.82, 2.24) is 5.32 Å². The highest BCUT2D eigenvalue weighted by Crippen LogP contribution is 2.34. The second-order valence-electron chi connectivity index (χ2n) is 8.33. The quantitative estimate of drug-likeness (QED) is 0.615. The van der Waals surface area contributed by atoms with Crippen molar-refractivity contribution in [3.8, 4) is 11.5 Å². The lowest BCUT2D eigenvalue weighted by Crippen LogP contribution is -2.32. The third kappa shape index (κ3) is 5.57. The SMILES string of the molecule is Cc1ccc(N2C(=O)C(=Cc3ccc4c(c3)OCO4)N=C2SCC(=O)NCCC(C)C)cc1. The smallest absolute Gasteiger partial charge is 0.283 e. The van der Waals surface area contributed by atoms with Crippen LogP contribution >= 0.6 is 11.8 Å². The summed E-state index contributed by atoms with van der Waals surface area (Å²) in [4.78, 5) is 31.7. The van der Waals surface area contributed by atoms with Crippen molar-refractivity contribution in [2.45, 2.75) is 27.2 Å². The fourth-order valence-electron chi connectivity index (χ4n) is 3.36. The van der Waals surface area contributed by atoms with Gasteiger partial charge in [-0.25, -0.2) is 4.99 Å². The van der Waals surface area contributed by atoms with E-state index in [0.717, 1.165) is 17.5 Å². The molecule has 172 valence electrons. The zero-order chi connectivity index (χ0) is 23.4. The Balaban J connectivity index is 1.55. The van der Waals surface area contributed by atoms with E-state index in [-0.39, 0.29) is 24.4 Å². The number of carbonyl (C=O) groups excluding carboxylic acids is 2. The summed E-state index contributed by atoms with van der Waals surface area (Å²) in [5.74, 6) is 1.72. The molecule has 0 saturated heterocycles. The van der Waals surface area contributed by atoms with Gasteiger partial charge in [0.05, 0.1) is 11.4 Å². The van der Waals surface area contributed by atoms with E-state index in [9.17, 15) is 9.59 Å². The molecule has 2 aromatic rings. The van der Waals surface area contributed by atoms with Crippen LogP contribution in [0.2, 0.25) is 0 Å². The monoisotopic (exact) mass is 465 g/mol. The summed E-state index contributed by atoms with van der Waals surface area (Å²) >= 11 is 1.25. The number of hydrogen-bond acceptors (Lipinski definition) is 6. The van der Waals surface area contributed by atoms with Crippen LogP contribution in [-0.2, 0) is 9.59 Å². The molecule has 0 spiro atoms. The minimum absolute atomic E-state index is 0.0761. The molecular formula is C25H27N3O4S. The van der Waals surface area contributed by atoms with E-state index in [1.807, 2.05) is 49.4 Å². The topological polar surface area (TPSA) is 80.2 Å². The Hall–Kier alpha value is -3.26. The van der Waals surface area contributed by atoms with Crippen molar-refractivity contribution in [3.63, 3.8) is 0 Å². The average Bonchev–Trinajstić information content (AvgIpc) is 3.37. The molecule has 33 heavy (non-hydrogen) atoms. The van der Waals surface area contributed by atoms with E-state index in [4.69, 9.17) is 9.47 Å². The first-order valence-corrected chi connectivity index (χ1v) is 11.9. The van der Waals surface area contributed by atoms with Crippen LogP contribution in [0, 0.1) is 12.8 Å². The fourth-order valence-corrected chi connectivity index (χ4v) is 4.20. The lowest BCUT2D eigenvalue weighted by Gasteiger charge is -2.18. The van der Waals surface area contributed by atoms with Crippen molar-refractivity contribution in [2.75, 3.05) is 24.0 Å². The van der Waals surface area contributed by atoms with Crippen LogP contribution in [-0.4, -0.2) is 36.1 Å². The Morgan fingerprint density at radius 1 is 1.18 bits per heavy atom. The molecule has 2 aliphatic rings. The number of aryl methyl sites for hydroxylation is 1. The van der Waals surface area contributed by atoms with Gasteiger partial charge in [-0.2, -0.15) is 0 Å². The summed E-state index contributed by atoms with van der Waals surface area (Å²) in [5.41, 5.74) is 2.90. The molecule has 0 unspecified atom stereocenters. The van der Waals surface area contributed by atoms with E-state index in [1.54, 1.807) is 11.0 Å². The zero-order valence-corrected chi connectivity index (χ0v) is 19.8. The molecule has 4 rings (SSSR count). The minimum Gasteiger partial charge on any atom is -0.454 e. The third-order valence-electron chi connectivity index (χ3n) is 5.20. The number of aliphatic imine (C=N–C) groups is 1. The van der Waals surface area contributed by atoms with Crippen LogP contribution in [0.5, 0.6) is 11.5 Å². The van der Waals surface area contributed by atoms with Gasteiger partial charge >= 0.3 is 0 Å². The van der Waals surface area contributed by atoms with Crippen molar-refractivity contribution in [3.05, 3.63) is 59.3 Å². The number of amidine groups is 1. The van der Waals surface area contributed by atoms with Crippen molar-refractivity contribution in [1.29, 1.82) is 0 Å². The van der Waals surface area contributed by atoms with Gasteiger partial charge in [0, 0.05) is 6.54 Å². The minimum atomic E-state index is -0.237. The van der Waals surface area contributed by atoms with Crippen LogP contribution in [0.1, 0.15) is 31.4 Å². The molecule has 7 nitrogen and oxygen atoms in total. The fraction of sp³-hybridized carbons (Fsp3) is 0.320. The number of benzene rings is 2. The van der Waals surface area contributed by atoms with Gasteiger partial charge in [0.1, 0.15) is 5.70 Å². The van der Waals surface area contributed by atoms with Gasteiger partial charge in [0.15, 0.2) is 16.7 Å². The Morgan fingerprint density at radius 2 is 1.94 bits per heavy atom. The first kappa shape index (κ1) is 22.9. The van der Waals surface area contributed by atoms with Crippen LogP contribution in [0.4, 0.5) is 5.69 Å². The number of anilines is 1. The van der Waals surface area contributed by atoms with Gasteiger partial charge in [0.25, 0.3) is 5.91 Å². The second-order valence-corrected chi connectivity index (χ2v) is 9.28. The van der Waals surface area contributed by atoms with E-state index < -0.39 is 0 Å². The molecule has 1 N–H and O–H groups in total. The molecule has 0 radical (unpaired) electrons. The van der Waals surface area contributed by atoms with Gasteiger partial charge in [-0.05, 0) is 55.2 Å². The number of nitrogens with one attached hydrogen (secondary N) is 1. The maximum absolute atomic E-state index is 13.3. The number of amides is 2. The number of fused-ring (bicyclic) bond motifs is 1. The number of thioether (sulfide) groups is 1. The number of carbonyl (C=O) groups is 2. The van der Waals surface area contributed by atoms with Crippen LogP contribution < -0.4 is 19.7 Å². The highest BCUT2D eigenvalue weighted by atomic mass is 32.2. The highest BCUT2D eigenvalue weighted by molar-refractivity contribution is 8.14. The highest BCUT2D eigenvalue weighted by Gasteiger charge is 2.32. The molecule has 8 heteroatoms. The van der Waals surface area contributed by atoms with Gasteiger partial charge in [-0.15, -0.1) is 0 Å². The maximum atomic E-state index is 13.3. The Labute approximate surface area is 197 Å². The number of ether oxygens (including phenoxy) is 2. The van der Waals surface area contributed by atoms with Gasteiger partial charge < -0.3 is 14.8 Å². The average molecular weight is 466 g/mol. The lowest BCUT2D eigenvalue weighted by molar-refractivity contribution is -0.118. The molecule has 0 aliphatic carbocycles. The summed E-state index contributed by atoms with van der Waals surface area (Å²) in [5, 5.41) is 3.41. The molecule has 0 bridgehead atoms. The Kier molecular flexibility index (Phi) is 7.03. The summed E-state index contributed by atoms with van der Waals surface area (Å²) in [6, 6.07) is 13.2. The number of hydrogen-bond donors (Lipinski definition) is 1. The molecule has 2 aromatic carbocycles. The molecule has 0 fully saturated rings. The Bertz CT molecular complexity index is 1110. The van der Waals surface area contributed by atoms with Gasteiger partial charge in [0.2, 0.25) is 12.7 Å². The first-order chi connectivity index (χ1) is 15.9. The molecule has 2 aliphatic heterocycles. The summed E-state index contributed by atoms with van der Waals surface area (Å²) in [6.07, 6.45) is 2.65. The van der Waals surface area contributed by atoms with E-state index in [0.29, 0.717) is 40.5 Å². The predicted octanol–water partition coefficient (Wildman–Crippen LogP) is 4.36. The zero-order valence-electron chi connectivity index (χ0n) is 19.0. The van der Waals surface area contributed by atoms with Gasteiger partial charge in [-0.1, -0.05) is 49.4 Å². The maximum Gasteiger partial charge on any atom is 0.283 e. The number of rotatable bonds is 7. The van der Waals surface area contributed by atoms with Crippen molar-refractivity contribution >= 4 is 40.5 Å². The van der Waals surface area contributed by atoms with E-state index in [2.05, 4.69) is 24.2 Å². The summed E-state index contributed by atoms with van der Waals surface area (Å²) in [6.45, 7) is 7.05. The van der Waals surface area contributed by atoms with Crippen molar-refractivity contribution in [2.24, 2.45) is 10.9 Å². The summed E-state index contributed by atoms with van der Waals surface area (Å²) in [7, 11) is 0. The molecule has 0 atom stereocenters. The van der Waals surface area contributed by atoms with Crippen LogP contribution in [0.3, 0.4) is 0 Å². The standard InChI is InChI=1S/C25H27N3O4S/c1-16(2)10-11-26-23(29)14-33-25-27-20(12-18-6-9-21-22(13-18)32-15-31-21)24(30)28(25)19-7-4-17(3)5-8-19/h4-9,12-13,16H,10-11,14-15H2,1-3H3,(H,26,29). The normalized spacial score (nSPS) is 16.0. The second kappa shape index (κ2) is 10.1. The van der Waals surface area contributed by atoms with Crippen molar-refractivity contribution < 1.29 is 19.1 Å². The summed E-state index contributed by atoms with van der Waals surface area (Å²) < 4.78 is 10.8. The Morgan fingerprint density at radius 3 is 2.70 bits per heavy atom. The predicted molar refractivity (Wildman–Crippen MR) is 132 cm³/mol. The largest absolute Gasteiger partial charge is 0.454 e. The molecule has 2 heterocycles. The van der Waals surface area contributed by atoms with Crippen LogP contribution in [0.15, 0.2) is 53.2 Å². The lowest BCUT2D eigenvalue weighted by atomic mass is 10.1. The molecular weight excluding hydrogens is 438 g/mol. The van der Waals surface area contributed by atoms with E-state index in [1.165, 1.54) is 11.8 Å². The first-order valence-electron chi connectivity index (χ1n) is 10.9. The molecule has 0 aromatic heterocycles. The van der Waals surface area contributed by atoms with Gasteiger partial charge in [-0.3, -0.25) is 14.5 Å². The molecule has 2 amide bonds. The van der Waals surface area contributed by atoms with E-state index >= 15 is 0 Å². The van der Waals surface area contributed by atoms with Crippen LogP contribution in [0.25, 0.3) is 6.08 Å². The third-order valence-corrected chi connectivity index (χ3v) is 6.14. The number of nitrogens with zero attached hydrogens (tertiary/aromatic N) is 2. The molecule has 0 saturated carbocycles.